The molecule has 5 nitrogen and oxygen atoms in total. The van der Waals surface area contributed by atoms with Crippen molar-refractivity contribution in [3.8, 4) is 0 Å². The molecule has 6 heteroatoms. The summed E-state index contributed by atoms with van der Waals surface area (Å²) >= 11 is 1.54. The van der Waals surface area contributed by atoms with Crippen LogP contribution in [-0.4, -0.2) is 48.3 Å². The van der Waals surface area contributed by atoms with E-state index in [0.29, 0.717) is 0 Å². The van der Waals surface area contributed by atoms with Gasteiger partial charge in [0.05, 0.1) is 6.54 Å². The lowest BCUT2D eigenvalue weighted by molar-refractivity contribution is 0.0595. The normalized spacial score (nSPS) is 19.6. The number of nitrogens with zero attached hydrogens (tertiary/aromatic N) is 1. The number of likely N-dealkylation sites (tertiary alicyclic amines) is 1. The van der Waals surface area contributed by atoms with Gasteiger partial charge in [0.1, 0.15) is 5.60 Å². The smallest absolute Gasteiger partial charge is 0.315 e. The topological polar surface area (TPSA) is 64.6 Å². The van der Waals surface area contributed by atoms with E-state index in [-0.39, 0.29) is 18.6 Å². The maximum atomic E-state index is 12.0. The summed E-state index contributed by atoms with van der Waals surface area (Å²) in [4.78, 5) is 14.4. The molecule has 2 rings (SSSR count). The highest BCUT2D eigenvalue weighted by Gasteiger charge is 2.25. The van der Waals surface area contributed by atoms with Gasteiger partial charge in [-0.3, -0.25) is 0 Å². The van der Waals surface area contributed by atoms with Gasteiger partial charge in [0.25, 0.3) is 0 Å². The van der Waals surface area contributed by atoms with Crippen molar-refractivity contribution >= 4 is 17.4 Å². The minimum Gasteiger partial charge on any atom is -0.384 e. The summed E-state index contributed by atoms with van der Waals surface area (Å²) in [6.07, 6.45) is 3.17. The maximum absolute atomic E-state index is 12.0. The molecule has 0 aromatic carbocycles. The second kappa shape index (κ2) is 7.94. The molecule has 3 N–H and O–H groups in total. The van der Waals surface area contributed by atoms with E-state index in [1.807, 2.05) is 16.8 Å². The Morgan fingerprint density at radius 1 is 1.50 bits per heavy atom. The van der Waals surface area contributed by atoms with Crippen molar-refractivity contribution in [2.75, 3.05) is 26.2 Å². The molecule has 1 aliphatic heterocycles. The second-order valence-electron chi connectivity index (χ2n) is 6.23. The van der Waals surface area contributed by atoms with Crippen LogP contribution in [0.5, 0.6) is 0 Å². The number of aliphatic hydroxyl groups is 1. The number of thiophene rings is 1. The van der Waals surface area contributed by atoms with Crippen LogP contribution < -0.4 is 10.6 Å². The van der Waals surface area contributed by atoms with Crippen LogP contribution in [0.3, 0.4) is 0 Å². The third-order valence-corrected chi connectivity index (χ3v) is 4.88. The van der Waals surface area contributed by atoms with Crippen molar-refractivity contribution in [3.63, 3.8) is 0 Å². The standard InChI is InChI=1S/C16H27N3O2S/c1-3-7-19-8-4-14(5-9-19)18-15(20)17-12-16(2,21)13-6-10-22-11-13/h6,10-11,14,21H,3-5,7-9,12H2,1-2H3,(H2,17,18,20). The van der Waals surface area contributed by atoms with E-state index in [1.54, 1.807) is 18.3 Å². The first-order chi connectivity index (χ1) is 10.5. The minimum absolute atomic E-state index is 0.190. The molecular formula is C16H27N3O2S. The Kier molecular flexibility index (Phi) is 6.23. The molecule has 1 unspecified atom stereocenters. The van der Waals surface area contributed by atoms with Gasteiger partial charge in [0, 0.05) is 19.1 Å². The molecule has 2 amide bonds. The molecule has 1 aromatic rings. The number of rotatable bonds is 6. The zero-order valence-corrected chi connectivity index (χ0v) is 14.3. The predicted octanol–water partition coefficient (Wildman–Crippen LogP) is 2.13. The van der Waals surface area contributed by atoms with Gasteiger partial charge in [-0.05, 0) is 55.1 Å². The van der Waals surface area contributed by atoms with Gasteiger partial charge in [-0.25, -0.2) is 4.79 Å². The van der Waals surface area contributed by atoms with Crippen molar-refractivity contribution in [2.45, 2.75) is 44.8 Å². The van der Waals surface area contributed by atoms with Gasteiger partial charge < -0.3 is 20.6 Å². The molecule has 1 aliphatic rings. The van der Waals surface area contributed by atoms with E-state index in [0.717, 1.165) is 38.0 Å². The molecule has 0 bridgehead atoms. The number of hydrogen-bond donors (Lipinski definition) is 3. The van der Waals surface area contributed by atoms with Gasteiger partial charge in [-0.15, -0.1) is 0 Å². The maximum Gasteiger partial charge on any atom is 0.315 e. The van der Waals surface area contributed by atoms with E-state index in [2.05, 4.69) is 22.5 Å². The lowest BCUT2D eigenvalue weighted by Gasteiger charge is -2.32. The fourth-order valence-electron chi connectivity index (χ4n) is 2.78. The van der Waals surface area contributed by atoms with Gasteiger partial charge >= 0.3 is 6.03 Å². The Morgan fingerprint density at radius 2 is 2.23 bits per heavy atom. The van der Waals surface area contributed by atoms with Crippen LogP contribution in [-0.2, 0) is 5.60 Å². The minimum atomic E-state index is -1.03. The van der Waals surface area contributed by atoms with Gasteiger partial charge in [-0.1, -0.05) is 6.92 Å². The zero-order valence-electron chi connectivity index (χ0n) is 13.5. The van der Waals surface area contributed by atoms with E-state index >= 15 is 0 Å². The van der Waals surface area contributed by atoms with Crippen molar-refractivity contribution in [1.82, 2.24) is 15.5 Å². The van der Waals surface area contributed by atoms with E-state index < -0.39 is 5.60 Å². The van der Waals surface area contributed by atoms with Crippen LogP contribution in [0.25, 0.3) is 0 Å². The summed E-state index contributed by atoms with van der Waals surface area (Å²) < 4.78 is 0. The van der Waals surface area contributed by atoms with Crippen molar-refractivity contribution in [1.29, 1.82) is 0 Å². The fraction of sp³-hybridized carbons (Fsp3) is 0.688. The Hall–Kier alpha value is -1.11. The van der Waals surface area contributed by atoms with Crippen LogP contribution in [0.2, 0.25) is 0 Å². The van der Waals surface area contributed by atoms with Gasteiger partial charge in [0.2, 0.25) is 0 Å². The Balaban J connectivity index is 1.70. The highest BCUT2D eigenvalue weighted by molar-refractivity contribution is 7.08. The van der Waals surface area contributed by atoms with E-state index in [9.17, 15) is 9.90 Å². The van der Waals surface area contributed by atoms with E-state index in [4.69, 9.17) is 0 Å². The molecule has 1 atom stereocenters. The Morgan fingerprint density at radius 3 is 2.82 bits per heavy atom. The fourth-order valence-corrected chi connectivity index (χ4v) is 3.56. The lowest BCUT2D eigenvalue weighted by Crippen LogP contribution is -2.50. The third-order valence-electron chi connectivity index (χ3n) is 4.20. The predicted molar refractivity (Wildman–Crippen MR) is 90.2 cm³/mol. The third kappa shape index (κ3) is 4.97. The molecule has 1 fully saturated rings. The highest BCUT2D eigenvalue weighted by Crippen LogP contribution is 2.22. The summed E-state index contributed by atoms with van der Waals surface area (Å²) in [7, 11) is 0. The molecule has 0 radical (unpaired) electrons. The number of hydrogen-bond acceptors (Lipinski definition) is 4. The molecule has 2 heterocycles. The van der Waals surface area contributed by atoms with Crippen LogP contribution in [0.1, 0.15) is 38.7 Å². The molecule has 1 aromatic heterocycles. The summed E-state index contributed by atoms with van der Waals surface area (Å²) in [6, 6.07) is 1.93. The number of carbonyl (C=O) groups is 1. The Bertz CT molecular complexity index is 454. The molecular weight excluding hydrogens is 298 g/mol. The zero-order chi connectivity index (χ0) is 16.0. The first-order valence-corrected chi connectivity index (χ1v) is 8.97. The van der Waals surface area contributed by atoms with Crippen LogP contribution >= 0.6 is 11.3 Å². The first-order valence-electron chi connectivity index (χ1n) is 8.03. The number of amides is 2. The first kappa shape index (κ1) is 17.2. The SMILES string of the molecule is CCCN1CCC(NC(=O)NCC(C)(O)c2ccsc2)CC1. The molecule has 1 saturated heterocycles. The van der Waals surface area contributed by atoms with Gasteiger partial charge in [0.15, 0.2) is 0 Å². The number of nitrogens with one attached hydrogen (secondary N) is 2. The summed E-state index contributed by atoms with van der Waals surface area (Å²) in [5, 5.41) is 20.0. The van der Waals surface area contributed by atoms with Crippen LogP contribution in [0.4, 0.5) is 4.79 Å². The van der Waals surface area contributed by atoms with Crippen molar-refractivity contribution < 1.29 is 9.90 Å². The molecule has 124 valence electrons. The average Bonchev–Trinajstić information content (AvgIpc) is 3.03. The number of piperidine rings is 1. The summed E-state index contributed by atoms with van der Waals surface area (Å²) in [5.74, 6) is 0. The van der Waals surface area contributed by atoms with Gasteiger partial charge in [-0.2, -0.15) is 11.3 Å². The average molecular weight is 325 g/mol. The van der Waals surface area contributed by atoms with Crippen LogP contribution in [0, 0.1) is 0 Å². The Labute approximate surface area is 136 Å². The molecule has 22 heavy (non-hydrogen) atoms. The second-order valence-corrected chi connectivity index (χ2v) is 7.01. The molecule has 0 aliphatic carbocycles. The monoisotopic (exact) mass is 325 g/mol. The molecule has 0 spiro atoms. The van der Waals surface area contributed by atoms with Crippen molar-refractivity contribution in [2.24, 2.45) is 0 Å². The summed E-state index contributed by atoms with van der Waals surface area (Å²) in [5.41, 5.74) is -0.187. The quantitative estimate of drug-likeness (QED) is 0.751. The van der Waals surface area contributed by atoms with Crippen molar-refractivity contribution in [3.05, 3.63) is 22.4 Å². The largest absolute Gasteiger partial charge is 0.384 e. The molecule has 0 saturated carbocycles. The lowest BCUT2D eigenvalue weighted by atomic mass is 9.99. The highest BCUT2D eigenvalue weighted by atomic mass is 32.1. The number of carbonyl (C=O) groups excluding carboxylic acids is 1. The van der Waals surface area contributed by atoms with Crippen LogP contribution in [0.15, 0.2) is 16.8 Å². The summed E-state index contributed by atoms with van der Waals surface area (Å²) in [6.45, 7) is 7.36. The van der Waals surface area contributed by atoms with E-state index in [1.165, 1.54) is 6.42 Å². The number of urea groups is 1.